The summed E-state index contributed by atoms with van der Waals surface area (Å²) in [7, 11) is 1.82. The quantitative estimate of drug-likeness (QED) is 0.561. The summed E-state index contributed by atoms with van der Waals surface area (Å²) in [6, 6.07) is 0. The second-order valence-corrected chi connectivity index (χ2v) is 5.24. The molecule has 0 saturated heterocycles. The first-order valence-electron chi connectivity index (χ1n) is 7.53. The third-order valence-electron chi connectivity index (χ3n) is 3.77. The van der Waals surface area contributed by atoms with Crippen molar-refractivity contribution in [2.24, 2.45) is 0 Å². The van der Waals surface area contributed by atoms with Gasteiger partial charge >= 0.3 is 0 Å². The Kier molecular flexibility index (Phi) is 8.72. The first kappa shape index (κ1) is 15.0. The Hall–Kier alpha value is -0.0800. The van der Waals surface area contributed by atoms with Crippen LogP contribution in [0, 0.1) is 0 Å². The SMILES string of the molecule is CCCCCCCCOC1CCCCC1OC. The monoisotopic (exact) mass is 242 g/mol. The van der Waals surface area contributed by atoms with Crippen LogP contribution in [0.15, 0.2) is 0 Å². The van der Waals surface area contributed by atoms with Crippen LogP contribution in [0.4, 0.5) is 0 Å². The van der Waals surface area contributed by atoms with Crippen LogP contribution < -0.4 is 0 Å². The van der Waals surface area contributed by atoms with Crippen molar-refractivity contribution in [1.29, 1.82) is 0 Å². The van der Waals surface area contributed by atoms with Gasteiger partial charge in [0.15, 0.2) is 0 Å². The van der Waals surface area contributed by atoms with Gasteiger partial charge in [0.2, 0.25) is 0 Å². The first-order valence-corrected chi connectivity index (χ1v) is 7.53. The molecule has 0 N–H and O–H groups in total. The molecule has 2 atom stereocenters. The predicted molar refractivity (Wildman–Crippen MR) is 72.4 cm³/mol. The summed E-state index contributed by atoms with van der Waals surface area (Å²) in [6.45, 7) is 3.19. The molecule has 2 nitrogen and oxygen atoms in total. The molecule has 1 aliphatic carbocycles. The lowest BCUT2D eigenvalue weighted by Crippen LogP contribution is -2.34. The summed E-state index contributed by atoms with van der Waals surface area (Å²) in [5, 5.41) is 0. The summed E-state index contributed by atoms with van der Waals surface area (Å²) in [5.41, 5.74) is 0. The van der Waals surface area contributed by atoms with Crippen molar-refractivity contribution < 1.29 is 9.47 Å². The fourth-order valence-electron chi connectivity index (χ4n) is 2.64. The highest BCUT2D eigenvalue weighted by Crippen LogP contribution is 2.23. The highest BCUT2D eigenvalue weighted by Gasteiger charge is 2.25. The molecule has 2 unspecified atom stereocenters. The smallest absolute Gasteiger partial charge is 0.0836 e. The molecule has 2 heteroatoms. The van der Waals surface area contributed by atoms with Crippen LogP contribution in [0.5, 0.6) is 0 Å². The molecule has 0 spiro atoms. The van der Waals surface area contributed by atoms with Gasteiger partial charge in [0.25, 0.3) is 0 Å². The maximum atomic E-state index is 5.97. The molecule has 0 aromatic heterocycles. The van der Waals surface area contributed by atoms with E-state index in [1.807, 2.05) is 7.11 Å². The maximum Gasteiger partial charge on any atom is 0.0836 e. The van der Waals surface area contributed by atoms with Crippen LogP contribution in [0.25, 0.3) is 0 Å². The first-order chi connectivity index (χ1) is 8.38. The van der Waals surface area contributed by atoms with Gasteiger partial charge in [-0.25, -0.2) is 0 Å². The van der Waals surface area contributed by atoms with Crippen LogP contribution in [0.2, 0.25) is 0 Å². The second-order valence-electron chi connectivity index (χ2n) is 5.24. The molecule has 1 saturated carbocycles. The molecule has 0 amide bonds. The van der Waals surface area contributed by atoms with Crippen molar-refractivity contribution in [3.63, 3.8) is 0 Å². The summed E-state index contributed by atoms with van der Waals surface area (Å²) in [6.07, 6.45) is 13.7. The van der Waals surface area contributed by atoms with Crippen LogP contribution in [0.1, 0.15) is 71.1 Å². The van der Waals surface area contributed by atoms with Gasteiger partial charge in [-0.15, -0.1) is 0 Å². The Morgan fingerprint density at radius 3 is 2.24 bits per heavy atom. The van der Waals surface area contributed by atoms with Crippen molar-refractivity contribution >= 4 is 0 Å². The number of ether oxygens (including phenoxy) is 2. The van der Waals surface area contributed by atoms with Crippen LogP contribution in [-0.2, 0) is 9.47 Å². The zero-order valence-electron chi connectivity index (χ0n) is 11.7. The number of hydrogen-bond donors (Lipinski definition) is 0. The summed E-state index contributed by atoms with van der Waals surface area (Å²) in [4.78, 5) is 0. The molecule has 0 aromatic rings. The molecule has 1 fully saturated rings. The fraction of sp³-hybridized carbons (Fsp3) is 1.00. The molecular weight excluding hydrogens is 212 g/mol. The Morgan fingerprint density at radius 1 is 0.882 bits per heavy atom. The van der Waals surface area contributed by atoms with Gasteiger partial charge in [0, 0.05) is 13.7 Å². The van der Waals surface area contributed by atoms with E-state index in [4.69, 9.17) is 9.47 Å². The maximum absolute atomic E-state index is 5.97. The van der Waals surface area contributed by atoms with Crippen molar-refractivity contribution in [2.75, 3.05) is 13.7 Å². The average molecular weight is 242 g/mol. The Morgan fingerprint density at radius 2 is 1.53 bits per heavy atom. The van der Waals surface area contributed by atoms with Gasteiger partial charge in [-0.2, -0.15) is 0 Å². The number of unbranched alkanes of at least 4 members (excludes halogenated alkanes) is 5. The Labute approximate surface area is 107 Å². The van der Waals surface area contributed by atoms with E-state index in [2.05, 4.69) is 6.92 Å². The summed E-state index contributed by atoms with van der Waals surface area (Å²) >= 11 is 0. The summed E-state index contributed by atoms with van der Waals surface area (Å²) in [5.74, 6) is 0. The molecule has 102 valence electrons. The van der Waals surface area contributed by atoms with Crippen LogP contribution in [0.3, 0.4) is 0 Å². The van der Waals surface area contributed by atoms with E-state index < -0.39 is 0 Å². The van der Waals surface area contributed by atoms with Gasteiger partial charge < -0.3 is 9.47 Å². The van der Waals surface area contributed by atoms with Gasteiger partial charge in [-0.1, -0.05) is 51.9 Å². The van der Waals surface area contributed by atoms with Crippen LogP contribution >= 0.6 is 0 Å². The third-order valence-corrected chi connectivity index (χ3v) is 3.77. The van der Waals surface area contributed by atoms with Gasteiger partial charge in [0.1, 0.15) is 0 Å². The predicted octanol–water partition coefficient (Wildman–Crippen LogP) is 4.32. The molecule has 17 heavy (non-hydrogen) atoms. The molecule has 1 aliphatic rings. The highest BCUT2D eigenvalue weighted by molar-refractivity contribution is 4.76. The standard InChI is InChI=1S/C15H30O2/c1-3-4-5-6-7-10-13-17-15-12-9-8-11-14(15)16-2/h14-15H,3-13H2,1-2H3. The zero-order valence-corrected chi connectivity index (χ0v) is 11.7. The Balaban J connectivity index is 1.97. The minimum Gasteiger partial charge on any atom is -0.379 e. The Bertz CT molecular complexity index is 170. The van der Waals surface area contributed by atoms with E-state index >= 15 is 0 Å². The van der Waals surface area contributed by atoms with Gasteiger partial charge in [-0.3, -0.25) is 0 Å². The molecule has 0 radical (unpaired) electrons. The molecule has 0 bridgehead atoms. The molecule has 0 aliphatic heterocycles. The van der Waals surface area contributed by atoms with Gasteiger partial charge in [0.05, 0.1) is 12.2 Å². The number of hydrogen-bond acceptors (Lipinski definition) is 2. The van der Waals surface area contributed by atoms with E-state index in [1.54, 1.807) is 0 Å². The molecule has 0 heterocycles. The number of methoxy groups -OCH3 is 1. The highest BCUT2D eigenvalue weighted by atomic mass is 16.5. The van der Waals surface area contributed by atoms with Crippen molar-refractivity contribution in [1.82, 2.24) is 0 Å². The third kappa shape index (κ3) is 6.42. The van der Waals surface area contributed by atoms with Crippen molar-refractivity contribution in [3.05, 3.63) is 0 Å². The van der Waals surface area contributed by atoms with E-state index in [-0.39, 0.29) is 0 Å². The normalized spacial score (nSPS) is 25.1. The molecular formula is C15H30O2. The zero-order chi connectivity index (χ0) is 12.3. The largest absolute Gasteiger partial charge is 0.379 e. The van der Waals surface area contributed by atoms with Gasteiger partial charge in [-0.05, 0) is 19.3 Å². The lowest BCUT2D eigenvalue weighted by Gasteiger charge is -2.30. The van der Waals surface area contributed by atoms with E-state index in [0.29, 0.717) is 12.2 Å². The lowest BCUT2D eigenvalue weighted by atomic mass is 9.94. The second kappa shape index (κ2) is 9.90. The topological polar surface area (TPSA) is 18.5 Å². The minimum absolute atomic E-state index is 0.351. The van der Waals surface area contributed by atoms with Crippen molar-refractivity contribution in [2.45, 2.75) is 83.3 Å². The lowest BCUT2D eigenvalue weighted by molar-refractivity contribution is -0.0771. The average Bonchev–Trinajstić information content (AvgIpc) is 2.38. The fourth-order valence-corrected chi connectivity index (χ4v) is 2.64. The number of rotatable bonds is 9. The van der Waals surface area contributed by atoms with E-state index in [0.717, 1.165) is 6.61 Å². The van der Waals surface area contributed by atoms with E-state index in [9.17, 15) is 0 Å². The molecule has 1 rings (SSSR count). The summed E-state index contributed by atoms with van der Waals surface area (Å²) < 4.78 is 11.5. The minimum atomic E-state index is 0.351. The molecule has 0 aromatic carbocycles. The van der Waals surface area contributed by atoms with Crippen LogP contribution in [-0.4, -0.2) is 25.9 Å². The van der Waals surface area contributed by atoms with E-state index in [1.165, 1.54) is 64.2 Å². The van der Waals surface area contributed by atoms with Crippen molar-refractivity contribution in [3.8, 4) is 0 Å².